The van der Waals surface area contributed by atoms with Crippen LogP contribution in [0.25, 0.3) is 22.0 Å². The summed E-state index contributed by atoms with van der Waals surface area (Å²) in [6, 6.07) is 11.4. The molecule has 2 aliphatic heterocycles. The lowest BCUT2D eigenvalue weighted by atomic mass is 9.94. The van der Waals surface area contributed by atoms with Gasteiger partial charge in [-0.05, 0) is 23.8 Å². The third kappa shape index (κ3) is 1.97. The molecule has 0 unspecified atom stereocenters. The summed E-state index contributed by atoms with van der Waals surface area (Å²) in [5.74, 6) is 1.37. The van der Waals surface area contributed by atoms with E-state index in [0.29, 0.717) is 28.5 Å². The number of methoxy groups -OCH3 is 1. The normalized spacial score (nSPS) is 14.5. The number of fused-ring (bicyclic) bond motifs is 3. The van der Waals surface area contributed by atoms with Crippen molar-refractivity contribution in [2.45, 2.75) is 6.61 Å². The van der Waals surface area contributed by atoms with Gasteiger partial charge in [0.05, 0.1) is 23.9 Å². The zero-order chi connectivity index (χ0) is 17.0. The van der Waals surface area contributed by atoms with E-state index in [1.807, 2.05) is 36.4 Å². The van der Waals surface area contributed by atoms with E-state index in [-0.39, 0.29) is 19.4 Å². The summed E-state index contributed by atoms with van der Waals surface area (Å²) in [7, 11) is 1.57. The highest BCUT2D eigenvalue weighted by molar-refractivity contribution is 6.09. The first-order chi connectivity index (χ1) is 12.3. The van der Waals surface area contributed by atoms with E-state index >= 15 is 0 Å². The van der Waals surface area contributed by atoms with Crippen LogP contribution in [-0.4, -0.2) is 24.9 Å². The smallest absolute Gasteiger partial charge is 0.341 e. The highest BCUT2D eigenvalue weighted by Gasteiger charge is 2.30. The molecule has 0 atom stereocenters. The monoisotopic (exact) mass is 335 g/mol. The molecule has 0 radical (unpaired) electrons. The third-order valence-electron chi connectivity index (χ3n) is 4.46. The van der Waals surface area contributed by atoms with Crippen LogP contribution in [0.2, 0.25) is 0 Å². The fraction of sp³-hybridized carbons (Fsp3) is 0.158. The molecular weight excluding hydrogens is 322 g/mol. The number of hydrogen-bond donors (Lipinski definition) is 0. The number of pyridine rings is 1. The Kier molecular flexibility index (Phi) is 2.88. The summed E-state index contributed by atoms with van der Waals surface area (Å²) in [4.78, 5) is 16.9. The number of esters is 1. The van der Waals surface area contributed by atoms with Crippen LogP contribution in [0.5, 0.6) is 17.2 Å². The number of nitrogens with zero attached hydrogens (tertiary/aromatic N) is 1. The van der Waals surface area contributed by atoms with Gasteiger partial charge in [0.15, 0.2) is 11.5 Å². The second-order valence-electron chi connectivity index (χ2n) is 5.81. The van der Waals surface area contributed by atoms with Crippen molar-refractivity contribution in [2.75, 3.05) is 13.9 Å². The second-order valence-corrected chi connectivity index (χ2v) is 5.81. The lowest BCUT2D eigenvalue weighted by molar-refractivity contribution is 0.0534. The first kappa shape index (κ1) is 14.1. The van der Waals surface area contributed by atoms with Gasteiger partial charge in [-0.3, -0.25) is 0 Å². The Bertz CT molecular complexity index is 1040. The van der Waals surface area contributed by atoms with Crippen LogP contribution in [0.4, 0.5) is 0 Å². The second kappa shape index (κ2) is 5.11. The fourth-order valence-electron chi connectivity index (χ4n) is 3.37. The highest BCUT2D eigenvalue weighted by atomic mass is 16.7. The van der Waals surface area contributed by atoms with Gasteiger partial charge < -0.3 is 18.9 Å². The summed E-state index contributed by atoms with van der Waals surface area (Å²) < 4.78 is 21.6. The standard InChI is InChI=1S/C19H13NO5/c1-22-14-6-10(7-15-18(14)25-9-24-15)16-11-4-2-3-5-12(11)20-13-8-23-19(21)17(13)16/h2-7H,8-9H2,1H3. The van der Waals surface area contributed by atoms with Crippen molar-refractivity contribution in [3.8, 4) is 28.4 Å². The molecular formula is C19H13NO5. The molecule has 0 saturated heterocycles. The van der Waals surface area contributed by atoms with Crippen LogP contribution in [0.1, 0.15) is 16.1 Å². The molecule has 0 aliphatic carbocycles. The lowest BCUT2D eigenvalue weighted by Gasteiger charge is -2.13. The molecule has 0 amide bonds. The van der Waals surface area contributed by atoms with Crippen LogP contribution >= 0.6 is 0 Å². The number of carbonyl (C=O) groups excluding carboxylic acids is 1. The molecule has 6 heteroatoms. The van der Waals surface area contributed by atoms with Crippen LogP contribution in [0.15, 0.2) is 36.4 Å². The maximum atomic E-state index is 12.3. The number of benzene rings is 2. The van der Waals surface area contributed by atoms with Crippen molar-refractivity contribution >= 4 is 16.9 Å². The van der Waals surface area contributed by atoms with Gasteiger partial charge in [-0.25, -0.2) is 9.78 Å². The molecule has 2 aliphatic rings. The first-order valence-electron chi connectivity index (χ1n) is 7.83. The van der Waals surface area contributed by atoms with E-state index in [9.17, 15) is 4.79 Å². The molecule has 2 aromatic carbocycles. The molecule has 0 N–H and O–H groups in total. The quantitative estimate of drug-likeness (QED) is 0.669. The Balaban J connectivity index is 1.87. The fourth-order valence-corrected chi connectivity index (χ4v) is 3.37. The number of ether oxygens (including phenoxy) is 4. The van der Waals surface area contributed by atoms with E-state index < -0.39 is 0 Å². The van der Waals surface area contributed by atoms with Crippen molar-refractivity contribution in [1.29, 1.82) is 0 Å². The lowest BCUT2D eigenvalue weighted by Crippen LogP contribution is -2.00. The number of para-hydroxylation sites is 1. The topological polar surface area (TPSA) is 66.9 Å². The van der Waals surface area contributed by atoms with Gasteiger partial charge in [0.2, 0.25) is 12.5 Å². The third-order valence-corrected chi connectivity index (χ3v) is 4.46. The van der Waals surface area contributed by atoms with Crippen molar-refractivity contribution in [1.82, 2.24) is 4.98 Å². The molecule has 0 fully saturated rings. The van der Waals surface area contributed by atoms with Crippen molar-refractivity contribution < 1.29 is 23.7 Å². The van der Waals surface area contributed by atoms with Gasteiger partial charge in [-0.1, -0.05) is 18.2 Å². The van der Waals surface area contributed by atoms with Crippen molar-refractivity contribution in [3.05, 3.63) is 47.7 Å². The van der Waals surface area contributed by atoms with Crippen LogP contribution in [0, 0.1) is 0 Å². The predicted molar refractivity (Wildman–Crippen MR) is 89.0 cm³/mol. The first-order valence-corrected chi connectivity index (χ1v) is 7.83. The van der Waals surface area contributed by atoms with E-state index in [4.69, 9.17) is 18.9 Å². The van der Waals surface area contributed by atoms with Gasteiger partial charge in [-0.2, -0.15) is 0 Å². The van der Waals surface area contributed by atoms with Crippen LogP contribution in [-0.2, 0) is 11.3 Å². The Morgan fingerprint density at radius 3 is 2.84 bits per heavy atom. The van der Waals surface area contributed by atoms with Gasteiger partial charge in [0.1, 0.15) is 6.61 Å². The Morgan fingerprint density at radius 1 is 1.08 bits per heavy atom. The van der Waals surface area contributed by atoms with Gasteiger partial charge in [0.25, 0.3) is 0 Å². The highest BCUT2D eigenvalue weighted by Crippen LogP contribution is 2.46. The molecule has 0 bridgehead atoms. The average Bonchev–Trinajstić information content (AvgIpc) is 3.26. The van der Waals surface area contributed by atoms with E-state index in [1.54, 1.807) is 7.11 Å². The molecule has 3 heterocycles. The van der Waals surface area contributed by atoms with Crippen LogP contribution in [0.3, 0.4) is 0 Å². The summed E-state index contributed by atoms with van der Waals surface area (Å²) in [5, 5.41) is 0.876. The summed E-state index contributed by atoms with van der Waals surface area (Å²) in [6.45, 7) is 0.333. The van der Waals surface area contributed by atoms with Crippen LogP contribution < -0.4 is 14.2 Å². The molecule has 0 spiro atoms. The minimum atomic E-state index is -0.361. The maximum absolute atomic E-state index is 12.3. The molecule has 3 aromatic rings. The van der Waals surface area contributed by atoms with Crippen molar-refractivity contribution in [2.24, 2.45) is 0 Å². The predicted octanol–water partition coefficient (Wildman–Crippen LogP) is 3.31. The molecule has 124 valence electrons. The number of aromatic nitrogens is 1. The van der Waals surface area contributed by atoms with Gasteiger partial charge >= 0.3 is 5.97 Å². The zero-order valence-electron chi connectivity index (χ0n) is 13.4. The minimum absolute atomic E-state index is 0.145. The largest absolute Gasteiger partial charge is 0.493 e. The molecule has 6 nitrogen and oxygen atoms in total. The summed E-state index contributed by atoms with van der Waals surface area (Å²) in [6.07, 6.45) is 0. The molecule has 5 rings (SSSR count). The zero-order valence-corrected chi connectivity index (χ0v) is 13.4. The van der Waals surface area contributed by atoms with Gasteiger partial charge in [-0.15, -0.1) is 0 Å². The van der Waals surface area contributed by atoms with E-state index in [0.717, 1.165) is 22.0 Å². The number of rotatable bonds is 2. The minimum Gasteiger partial charge on any atom is -0.493 e. The molecule has 0 saturated carbocycles. The maximum Gasteiger partial charge on any atom is 0.341 e. The Morgan fingerprint density at radius 2 is 1.96 bits per heavy atom. The number of hydrogen-bond acceptors (Lipinski definition) is 6. The van der Waals surface area contributed by atoms with E-state index in [2.05, 4.69) is 4.98 Å². The Labute approximate surface area is 142 Å². The number of cyclic esters (lactones) is 1. The number of carbonyl (C=O) groups is 1. The summed E-state index contributed by atoms with van der Waals surface area (Å²) >= 11 is 0. The molecule has 25 heavy (non-hydrogen) atoms. The van der Waals surface area contributed by atoms with Gasteiger partial charge in [0, 0.05) is 10.9 Å². The SMILES string of the molecule is COc1cc(-c2c3c(nc4ccccc24)COC3=O)cc2c1OCO2. The average molecular weight is 335 g/mol. The van der Waals surface area contributed by atoms with E-state index in [1.165, 1.54) is 0 Å². The van der Waals surface area contributed by atoms with Crippen molar-refractivity contribution in [3.63, 3.8) is 0 Å². The molecule has 1 aromatic heterocycles. The summed E-state index contributed by atoms with van der Waals surface area (Å²) in [5.41, 5.74) is 3.54. The Hall–Kier alpha value is -3.28.